The van der Waals surface area contributed by atoms with Crippen molar-refractivity contribution in [3.05, 3.63) is 44.4 Å². The van der Waals surface area contributed by atoms with Crippen LogP contribution in [0.3, 0.4) is 0 Å². The van der Waals surface area contributed by atoms with Crippen LogP contribution in [0, 0.1) is 0 Å². The molecule has 2 N–H and O–H groups in total. The number of rotatable bonds is 0. The standard InChI is InChI=1S/C14H6Cl4O2/c15-9-7-8(10(16)12(18)11(9)17)14(20)6-4-2-1-3-5(6)13(7)19/h1-4,19-20H. The lowest BCUT2D eigenvalue weighted by Crippen LogP contribution is -1.86. The molecule has 0 spiro atoms. The van der Waals surface area contributed by atoms with Crippen molar-refractivity contribution in [1.82, 2.24) is 0 Å². The largest absolute Gasteiger partial charge is 0.507 e. The summed E-state index contributed by atoms with van der Waals surface area (Å²) in [5.74, 6) is -0.197. The van der Waals surface area contributed by atoms with Gasteiger partial charge in [-0.15, -0.1) is 0 Å². The third kappa shape index (κ3) is 1.73. The van der Waals surface area contributed by atoms with Crippen molar-refractivity contribution in [1.29, 1.82) is 0 Å². The molecule has 0 aromatic heterocycles. The second kappa shape index (κ2) is 4.74. The highest BCUT2D eigenvalue weighted by Crippen LogP contribution is 2.52. The second-order valence-electron chi connectivity index (χ2n) is 4.25. The van der Waals surface area contributed by atoms with Gasteiger partial charge >= 0.3 is 0 Å². The van der Waals surface area contributed by atoms with E-state index in [4.69, 9.17) is 46.4 Å². The first-order valence-corrected chi connectivity index (χ1v) is 7.04. The van der Waals surface area contributed by atoms with E-state index in [0.29, 0.717) is 10.8 Å². The van der Waals surface area contributed by atoms with E-state index in [2.05, 4.69) is 0 Å². The number of aromatic hydroxyl groups is 2. The third-order valence-corrected chi connectivity index (χ3v) is 4.98. The summed E-state index contributed by atoms with van der Waals surface area (Å²) in [5, 5.41) is 22.2. The van der Waals surface area contributed by atoms with Gasteiger partial charge in [-0.3, -0.25) is 0 Å². The molecule has 3 rings (SSSR count). The summed E-state index contributed by atoms with van der Waals surface area (Å²) in [6.07, 6.45) is 0. The Hall–Kier alpha value is -1.06. The van der Waals surface area contributed by atoms with Crippen LogP contribution in [-0.2, 0) is 0 Å². The fraction of sp³-hybridized carbons (Fsp3) is 0. The van der Waals surface area contributed by atoms with E-state index in [1.807, 2.05) is 0 Å². The van der Waals surface area contributed by atoms with E-state index < -0.39 is 0 Å². The molecule has 0 bridgehead atoms. The van der Waals surface area contributed by atoms with E-state index in [1.165, 1.54) is 0 Å². The zero-order valence-electron chi connectivity index (χ0n) is 9.72. The topological polar surface area (TPSA) is 40.5 Å². The minimum Gasteiger partial charge on any atom is -0.507 e. The average molecular weight is 348 g/mol. The Morgan fingerprint density at radius 3 is 1.30 bits per heavy atom. The highest BCUT2D eigenvalue weighted by molar-refractivity contribution is 6.56. The molecule has 3 aromatic carbocycles. The van der Waals surface area contributed by atoms with Crippen LogP contribution in [0.15, 0.2) is 24.3 Å². The molecule has 2 nitrogen and oxygen atoms in total. The van der Waals surface area contributed by atoms with Gasteiger partial charge in [0.2, 0.25) is 0 Å². The van der Waals surface area contributed by atoms with Crippen LogP contribution in [0.1, 0.15) is 0 Å². The minimum absolute atomic E-state index is 0.0378. The van der Waals surface area contributed by atoms with Gasteiger partial charge in [-0.05, 0) is 0 Å². The molecule has 102 valence electrons. The molecule has 0 aliphatic rings. The molecule has 0 atom stereocenters. The number of fused-ring (bicyclic) bond motifs is 2. The highest BCUT2D eigenvalue weighted by atomic mass is 35.5. The Morgan fingerprint density at radius 2 is 0.950 bits per heavy atom. The first-order valence-electron chi connectivity index (χ1n) is 5.53. The third-order valence-electron chi connectivity index (χ3n) is 3.18. The Morgan fingerprint density at radius 1 is 0.600 bits per heavy atom. The van der Waals surface area contributed by atoms with Crippen LogP contribution >= 0.6 is 46.4 Å². The fourth-order valence-corrected chi connectivity index (χ4v) is 3.27. The minimum atomic E-state index is -0.0983. The summed E-state index contributed by atoms with van der Waals surface area (Å²) in [6.45, 7) is 0. The second-order valence-corrected chi connectivity index (χ2v) is 5.76. The number of halogens is 4. The van der Waals surface area contributed by atoms with E-state index in [1.54, 1.807) is 24.3 Å². The van der Waals surface area contributed by atoms with Gasteiger partial charge in [0, 0.05) is 21.5 Å². The molecule has 20 heavy (non-hydrogen) atoms. The lowest BCUT2D eigenvalue weighted by Gasteiger charge is -2.14. The van der Waals surface area contributed by atoms with E-state index in [-0.39, 0.29) is 42.4 Å². The smallest absolute Gasteiger partial charge is 0.133 e. The molecule has 0 radical (unpaired) electrons. The lowest BCUT2D eigenvalue weighted by atomic mass is 10.0. The van der Waals surface area contributed by atoms with Gasteiger partial charge in [0.25, 0.3) is 0 Å². The predicted octanol–water partition coefficient (Wildman–Crippen LogP) is 6.02. The van der Waals surface area contributed by atoms with E-state index >= 15 is 0 Å². The normalized spacial score (nSPS) is 11.4. The Balaban J connectivity index is 2.74. The maximum atomic E-state index is 10.4. The summed E-state index contributed by atoms with van der Waals surface area (Å²) >= 11 is 24.3. The Bertz CT molecular complexity index is 803. The van der Waals surface area contributed by atoms with Gasteiger partial charge in [-0.25, -0.2) is 0 Å². The van der Waals surface area contributed by atoms with Crippen LogP contribution in [-0.4, -0.2) is 10.2 Å². The van der Waals surface area contributed by atoms with Crippen molar-refractivity contribution in [2.45, 2.75) is 0 Å². The van der Waals surface area contributed by atoms with Crippen LogP contribution < -0.4 is 0 Å². The quantitative estimate of drug-likeness (QED) is 0.226. The van der Waals surface area contributed by atoms with Gasteiger partial charge < -0.3 is 10.2 Å². The Labute approximate surface area is 134 Å². The highest BCUT2D eigenvalue weighted by Gasteiger charge is 2.22. The van der Waals surface area contributed by atoms with Gasteiger partial charge in [-0.1, -0.05) is 70.7 Å². The lowest BCUT2D eigenvalue weighted by molar-refractivity contribution is 0.478. The SMILES string of the molecule is Oc1c2ccccc2c(O)c2c(Cl)c(Cl)c(Cl)c(Cl)c12. The molecule has 0 fully saturated rings. The molecule has 0 aliphatic heterocycles. The number of hydrogen-bond donors (Lipinski definition) is 2. The van der Waals surface area contributed by atoms with Crippen LogP contribution in [0.25, 0.3) is 21.5 Å². The summed E-state index contributed by atoms with van der Waals surface area (Å²) in [5.41, 5.74) is 0. The molecule has 3 aromatic rings. The van der Waals surface area contributed by atoms with Crippen molar-refractivity contribution >= 4 is 67.9 Å². The molecular formula is C14H6Cl4O2. The van der Waals surface area contributed by atoms with Crippen LogP contribution in [0.5, 0.6) is 11.5 Å². The molecule has 0 saturated carbocycles. The predicted molar refractivity (Wildman–Crippen MR) is 84.8 cm³/mol. The van der Waals surface area contributed by atoms with Gasteiger partial charge in [-0.2, -0.15) is 0 Å². The summed E-state index contributed by atoms with van der Waals surface area (Å²) < 4.78 is 0. The molecular weight excluding hydrogens is 342 g/mol. The van der Waals surface area contributed by atoms with Crippen molar-refractivity contribution < 1.29 is 10.2 Å². The van der Waals surface area contributed by atoms with E-state index in [0.717, 1.165) is 0 Å². The summed E-state index contributed by atoms with van der Waals surface area (Å²) in [4.78, 5) is 0. The molecule has 0 aliphatic carbocycles. The monoisotopic (exact) mass is 346 g/mol. The summed E-state index contributed by atoms with van der Waals surface area (Å²) in [6, 6.07) is 6.80. The van der Waals surface area contributed by atoms with Gasteiger partial charge in [0.05, 0.1) is 20.1 Å². The molecule has 6 heteroatoms. The first-order chi connectivity index (χ1) is 9.45. The molecule has 0 unspecified atom stereocenters. The van der Waals surface area contributed by atoms with Crippen molar-refractivity contribution in [2.75, 3.05) is 0 Å². The van der Waals surface area contributed by atoms with Crippen molar-refractivity contribution in [3.8, 4) is 11.5 Å². The number of benzene rings is 3. The van der Waals surface area contributed by atoms with Crippen LogP contribution in [0.2, 0.25) is 20.1 Å². The maximum absolute atomic E-state index is 10.4. The van der Waals surface area contributed by atoms with E-state index in [9.17, 15) is 10.2 Å². The molecule has 0 heterocycles. The number of phenolic OH excluding ortho intramolecular Hbond substituents is 2. The molecule has 0 saturated heterocycles. The van der Waals surface area contributed by atoms with Gasteiger partial charge in [0.1, 0.15) is 11.5 Å². The number of phenols is 2. The van der Waals surface area contributed by atoms with Crippen molar-refractivity contribution in [2.24, 2.45) is 0 Å². The van der Waals surface area contributed by atoms with Crippen LogP contribution in [0.4, 0.5) is 0 Å². The first kappa shape index (κ1) is 13.9. The molecule has 0 amide bonds. The number of hydrogen-bond acceptors (Lipinski definition) is 2. The summed E-state index contributed by atoms with van der Waals surface area (Å²) in [7, 11) is 0. The zero-order valence-corrected chi connectivity index (χ0v) is 12.7. The zero-order chi connectivity index (χ0) is 14.6. The van der Waals surface area contributed by atoms with Gasteiger partial charge in [0.15, 0.2) is 0 Å². The van der Waals surface area contributed by atoms with Crippen molar-refractivity contribution in [3.63, 3.8) is 0 Å². The Kier molecular flexibility index (Phi) is 3.30. The fourth-order valence-electron chi connectivity index (χ4n) is 2.24. The maximum Gasteiger partial charge on any atom is 0.133 e. The average Bonchev–Trinajstić information content (AvgIpc) is 2.46.